The SMILES string of the molecule is COC(=O)C1=C(C)N=c2s/c(=C\c3ccc(OC)cc3)c(=O)n2[C@@H]1c1cccs1. The first-order valence-electron chi connectivity index (χ1n) is 8.82. The summed E-state index contributed by atoms with van der Waals surface area (Å²) in [7, 11) is 2.95. The number of carbonyl (C=O) groups excluding carboxylic acids is 1. The van der Waals surface area contributed by atoms with Crippen molar-refractivity contribution < 1.29 is 14.3 Å². The average Bonchev–Trinajstić information content (AvgIpc) is 3.36. The minimum Gasteiger partial charge on any atom is -0.497 e. The lowest BCUT2D eigenvalue weighted by Crippen LogP contribution is -2.39. The summed E-state index contributed by atoms with van der Waals surface area (Å²) in [5.41, 5.74) is 1.65. The van der Waals surface area contributed by atoms with Gasteiger partial charge in [-0.25, -0.2) is 9.79 Å². The van der Waals surface area contributed by atoms with Gasteiger partial charge in [-0.1, -0.05) is 29.5 Å². The van der Waals surface area contributed by atoms with E-state index in [4.69, 9.17) is 9.47 Å². The van der Waals surface area contributed by atoms with Crippen LogP contribution in [0.25, 0.3) is 6.08 Å². The molecule has 0 radical (unpaired) electrons. The van der Waals surface area contributed by atoms with Gasteiger partial charge >= 0.3 is 5.97 Å². The maximum Gasteiger partial charge on any atom is 0.338 e. The molecule has 3 aromatic rings. The van der Waals surface area contributed by atoms with E-state index in [1.165, 1.54) is 29.8 Å². The minimum atomic E-state index is -0.545. The Morgan fingerprint density at radius 2 is 1.97 bits per heavy atom. The van der Waals surface area contributed by atoms with Crippen LogP contribution in [0.15, 0.2) is 62.8 Å². The molecule has 29 heavy (non-hydrogen) atoms. The van der Waals surface area contributed by atoms with E-state index in [-0.39, 0.29) is 5.56 Å². The molecule has 2 aromatic heterocycles. The van der Waals surface area contributed by atoms with Gasteiger partial charge in [0.05, 0.1) is 30.0 Å². The Labute approximate surface area is 174 Å². The molecule has 6 nitrogen and oxygen atoms in total. The molecule has 0 saturated carbocycles. The highest BCUT2D eigenvalue weighted by Crippen LogP contribution is 2.32. The number of ether oxygens (including phenoxy) is 2. The van der Waals surface area contributed by atoms with Crippen molar-refractivity contribution in [1.82, 2.24) is 4.57 Å². The topological polar surface area (TPSA) is 69.9 Å². The Balaban J connectivity index is 1.92. The van der Waals surface area contributed by atoms with Gasteiger partial charge in [0.2, 0.25) is 0 Å². The van der Waals surface area contributed by atoms with Gasteiger partial charge in [0.1, 0.15) is 11.8 Å². The third kappa shape index (κ3) is 3.45. The summed E-state index contributed by atoms with van der Waals surface area (Å²) in [6.45, 7) is 1.77. The van der Waals surface area contributed by atoms with E-state index >= 15 is 0 Å². The van der Waals surface area contributed by atoms with Crippen molar-refractivity contribution in [3.63, 3.8) is 0 Å². The first-order valence-corrected chi connectivity index (χ1v) is 10.5. The van der Waals surface area contributed by atoms with Crippen molar-refractivity contribution in [2.24, 2.45) is 4.99 Å². The van der Waals surface area contributed by atoms with E-state index in [9.17, 15) is 9.59 Å². The lowest BCUT2D eigenvalue weighted by atomic mass is 10.0. The Morgan fingerprint density at radius 3 is 2.59 bits per heavy atom. The molecule has 8 heteroatoms. The highest BCUT2D eigenvalue weighted by molar-refractivity contribution is 7.10. The number of hydrogen-bond donors (Lipinski definition) is 0. The zero-order chi connectivity index (χ0) is 20.5. The third-order valence-electron chi connectivity index (χ3n) is 4.65. The van der Waals surface area contributed by atoms with Gasteiger partial charge in [0.15, 0.2) is 4.80 Å². The lowest BCUT2D eigenvalue weighted by Gasteiger charge is -2.22. The average molecular weight is 427 g/mol. The standard InChI is InChI=1S/C21H18N2O4S2/c1-12-17(20(25)27-3)18(15-5-4-10-28-15)23-19(24)16(29-21(23)22-12)11-13-6-8-14(26-2)9-7-13/h4-11,18H,1-3H3/b16-11-/t18-/m1/s1. The summed E-state index contributed by atoms with van der Waals surface area (Å²) in [6, 6.07) is 10.7. The first kappa shape index (κ1) is 19.4. The van der Waals surface area contributed by atoms with Crippen molar-refractivity contribution in [3.05, 3.63) is 83.2 Å². The van der Waals surface area contributed by atoms with Crippen LogP contribution in [-0.2, 0) is 9.53 Å². The van der Waals surface area contributed by atoms with E-state index < -0.39 is 12.0 Å². The second-order valence-corrected chi connectivity index (χ2v) is 8.35. The highest BCUT2D eigenvalue weighted by Gasteiger charge is 2.33. The predicted molar refractivity (Wildman–Crippen MR) is 113 cm³/mol. The van der Waals surface area contributed by atoms with Gasteiger partial charge in [-0.2, -0.15) is 0 Å². The summed E-state index contributed by atoms with van der Waals surface area (Å²) < 4.78 is 12.3. The van der Waals surface area contributed by atoms with Crippen LogP contribution in [0.2, 0.25) is 0 Å². The molecule has 3 heterocycles. The van der Waals surface area contributed by atoms with Crippen LogP contribution in [0.1, 0.15) is 23.4 Å². The Morgan fingerprint density at radius 1 is 1.21 bits per heavy atom. The Bertz CT molecular complexity index is 1270. The van der Waals surface area contributed by atoms with Gasteiger partial charge in [-0.15, -0.1) is 11.3 Å². The van der Waals surface area contributed by atoms with Gasteiger partial charge in [-0.3, -0.25) is 9.36 Å². The fourth-order valence-electron chi connectivity index (χ4n) is 3.26. The first-order chi connectivity index (χ1) is 14.0. The predicted octanol–water partition coefficient (Wildman–Crippen LogP) is 2.48. The zero-order valence-electron chi connectivity index (χ0n) is 16.0. The number of fused-ring (bicyclic) bond motifs is 1. The summed E-state index contributed by atoms with van der Waals surface area (Å²) in [6.07, 6.45) is 1.83. The number of carbonyl (C=O) groups is 1. The summed E-state index contributed by atoms with van der Waals surface area (Å²) in [5, 5.41) is 1.92. The Hall–Kier alpha value is -2.97. The molecule has 0 bridgehead atoms. The maximum absolute atomic E-state index is 13.3. The fraction of sp³-hybridized carbons (Fsp3) is 0.190. The van der Waals surface area contributed by atoms with Crippen LogP contribution in [0, 0.1) is 0 Å². The van der Waals surface area contributed by atoms with Crippen LogP contribution in [0.4, 0.5) is 0 Å². The minimum absolute atomic E-state index is 0.183. The number of rotatable bonds is 4. The second kappa shape index (κ2) is 7.81. The number of esters is 1. The van der Waals surface area contributed by atoms with Crippen molar-refractivity contribution in [2.75, 3.05) is 14.2 Å². The number of benzene rings is 1. The van der Waals surface area contributed by atoms with E-state index in [1.54, 1.807) is 18.6 Å². The number of thiophene rings is 1. The molecule has 0 spiro atoms. The molecule has 4 rings (SSSR count). The molecule has 0 fully saturated rings. The fourth-order valence-corrected chi connectivity index (χ4v) is 5.13. The second-order valence-electron chi connectivity index (χ2n) is 6.36. The largest absolute Gasteiger partial charge is 0.497 e. The monoisotopic (exact) mass is 426 g/mol. The number of nitrogens with zero attached hydrogens (tertiary/aromatic N) is 2. The molecule has 1 aromatic carbocycles. The molecule has 1 aliphatic heterocycles. The number of thiazole rings is 1. The molecule has 0 N–H and O–H groups in total. The van der Waals surface area contributed by atoms with Gasteiger partial charge in [-0.05, 0) is 42.1 Å². The van der Waals surface area contributed by atoms with Crippen LogP contribution in [-0.4, -0.2) is 24.8 Å². The van der Waals surface area contributed by atoms with Crippen LogP contribution in [0.3, 0.4) is 0 Å². The molecule has 1 atom stereocenters. The van der Waals surface area contributed by atoms with Crippen molar-refractivity contribution in [3.8, 4) is 5.75 Å². The zero-order valence-corrected chi connectivity index (χ0v) is 17.7. The quantitative estimate of drug-likeness (QED) is 0.601. The van der Waals surface area contributed by atoms with E-state index in [2.05, 4.69) is 4.99 Å². The summed E-state index contributed by atoms with van der Waals surface area (Å²) in [5.74, 6) is 0.272. The smallest absolute Gasteiger partial charge is 0.338 e. The number of hydrogen-bond acceptors (Lipinski definition) is 7. The Kier molecular flexibility index (Phi) is 5.21. The molecule has 1 aliphatic rings. The molecule has 0 amide bonds. The number of allylic oxidation sites excluding steroid dienone is 1. The molecule has 148 valence electrons. The van der Waals surface area contributed by atoms with Gasteiger partial charge in [0.25, 0.3) is 5.56 Å². The molecule has 0 aliphatic carbocycles. The molecular weight excluding hydrogens is 408 g/mol. The van der Waals surface area contributed by atoms with Gasteiger partial charge in [0, 0.05) is 4.88 Å². The lowest BCUT2D eigenvalue weighted by molar-refractivity contribution is -0.136. The summed E-state index contributed by atoms with van der Waals surface area (Å²) >= 11 is 2.80. The van der Waals surface area contributed by atoms with E-state index in [1.807, 2.05) is 47.9 Å². The van der Waals surface area contributed by atoms with E-state index in [0.29, 0.717) is 20.6 Å². The van der Waals surface area contributed by atoms with Crippen LogP contribution >= 0.6 is 22.7 Å². The summed E-state index contributed by atoms with van der Waals surface area (Å²) in [4.78, 5) is 31.8. The third-order valence-corrected chi connectivity index (χ3v) is 6.56. The molecule has 0 unspecified atom stereocenters. The van der Waals surface area contributed by atoms with Crippen molar-refractivity contribution >= 4 is 34.7 Å². The number of methoxy groups -OCH3 is 2. The van der Waals surface area contributed by atoms with Crippen molar-refractivity contribution in [1.29, 1.82) is 0 Å². The molecular formula is C21H18N2O4S2. The number of aromatic nitrogens is 1. The van der Waals surface area contributed by atoms with E-state index in [0.717, 1.165) is 16.2 Å². The van der Waals surface area contributed by atoms with Crippen molar-refractivity contribution in [2.45, 2.75) is 13.0 Å². The highest BCUT2D eigenvalue weighted by atomic mass is 32.1. The maximum atomic E-state index is 13.3. The van der Waals surface area contributed by atoms with Crippen LogP contribution in [0.5, 0.6) is 5.75 Å². The van der Waals surface area contributed by atoms with Gasteiger partial charge < -0.3 is 9.47 Å². The molecule has 0 saturated heterocycles. The normalized spacial score (nSPS) is 16.4. The van der Waals surface area contributed by atoms with Crippen LogP contribution < -0.4 is 19.6 Å².